The van der Waals surface area contributed by atoms with E-state index in [1.807, 2.05) is 6.07 Å². The van der Waals surface area contributed by atoms with Crippen LogP contribution < -0.4 is 19.5 Å². The van der Waals surface area contributed by atoms with Gasteiger partial charge in [0.15, 0.2) is 11.5 Å². The zero-order valence-electron chi connectivity index (χ0n) is 13.3. The summed E-state index contributed by atoms with van der Waals surface area (Å²) in [4.78, 5) is 0. The average molecular weight is 311 g/mol. The van der Waals surface area contributed by atoms with Crippen molar-refractivity contribution in [2.24, 2.45) is 0 Å². The zero-order valence-corrected chi connectivity index (χ0v) is 13.3. The number of hydrogen-bond donors (Lipinski definition) is 1. The molecule has 0 aliphatic carbocycles. The Kier molecular flexibility index (Phi) is 3.83. The molecule has 0 saturated heterocycles. The Hall–Kier alpha value is -2.20. The van der Waals surface area contributed by atoms with Gasteiger partial charge in [-0.05, 0) is 30.2 Å². The second-order valence-corrected chi connectivity index (χ2v) is 6.04. The van der Waals surface area contributed by atoms with E-state index in [2.05, 4.69) is 42.6 Å². The van der Waals surface area contributed by atoms with Gasteiger partial charge in [0.1, 0.15) is 19.0 Å². The molecule has 0 amide bonds. The highest BCUT2D eigenvalue weighted by Gasteiger charge is 2.22. The summed E-state index contributed by atoms with van der Waals surface area (Å²) in [7, 11) is 0. The predicted octanol–water partition coefficient (Wildman–Crippen LogP) is 3.38. The van der Waals surface area contributed by atoms with Crippen molar-refractivity contribution in [3.63, 3.8) is 0 Å². The van der Waals surface area contributed by atoms with Crippen LogP contribution in [0.2, 0.25) is 0 Å². The van der Waals surface area contributed by atoms with Gasteiger partial charge in [-0.25, -0.2) is 0 Å². The molecule has 1 N–H and O–H groups in total. The molecule has 0 aromatic heterocycles. The maximum absolute atomic E-state index is 5.83. The minimum atomic E-state index is 0.326. The molecule has 2 aromatic carbocycles. The molecule has 0 spiro atoms. The number of nitrogens with one attached hydrogen (secondary N) is 1. The van der Waals surface area contributed by atoms with Gasteiger partial charge >= 0.3 is 0 Å². The normalized spacial score (nSPS) is 18.9. The number of benzene rings is 2. The summed E-state index contributed by atoms with van der Waals surface area (Å²) in [5.74, 6) is 2.73. The van der Waals surface area contributed by atoms with Crippen molar-refractivity contribution in [2.45, 2.75) is 25.9 Å². The maximum atomic E-state index is 5.83. The predicted molar refractivity (Wildman–Crippen MR) is 88.3 cm³/mol. The van der Waals surface area contributed by atoms with Crippen molar-refractivity contribution in [1.29, 1.82) is 0 Å². The topological polar surface area (TPSA) is 39.7 Å². The monoisotopic (exact) mass is 311 g/mol. The highest BCUT2D eigenvalue weighted by Crippen LogP contribution is 2.35. The minimum absolute atomic E-state index is 0.326. The highest BCUT2D eigenvalue weighted by atomic mass is 16.6. The molecule has 0 saturated carbocycles. The number of fused-ring (bicyclic) bond motifs is 2. The Labute approximate surface area is 136 Å². The fraction of sp³-hybridized carbons (Fsp3) is 0.368. The fourth-order valence-corrected chi connectivity index (χ4v) is 3.23. The van der Waals surface area contributed by atoms with Gasteiger partial charge in [-0.3, -0.25) is 0 Å². The first-order valence-corrected chi connectivity index (χ1v) is 8.15. The van der Waals surface area contributed by atoms with Crippen molar-refractivity contribution in [3.8, 4) is 17.2 Å². The molecule has 0 fully saturated rings. The van der Waals surface area contributed by atoms with Crippen LogP contribution in [-0.4, -0.2) is 19.8 Å². The van der Waals surface area contributed by atoms with Gasteiger partial charge < -0.3 is 19.5 Å². The lowest BCUT2D eigenvalue weighted by molar-refractivity contribution is 0.171. The second-order valence-electron chi connectivity index (χ2n) is 6.04. The molecule has 2 aliphatic heterocycles. The van der Waals surface area contributed by atoms with Gasteiger partial charge in [-0.15, -0.1) is 0 Å². The number of aryl methyl sites for hydroxylation is 1. The number of hydrogen-bond acceptors (Lipinski definition) is 4. The lowest BCUT2D eigenvalue weighted by Crippen LogP contribution is -2.27. The van der Waals surface area contributed by atoms with Crippen LogP contribution >= 0.6 is 0 Å². The molecule has 2 aromatic rings. The summed E-state index contributed by atoms with van der Waals surface area (Å²) in [6.45, 7) is 4.91. The third kappa shape index (κ3) is 2.86. The molecular weight excluding hydrogens is 290 g/mol. The van der Waals surface area contributed by atoms with Crippen LogP contribution in [0.1, 0.15) is 29.2 Å². The lowest BCUT2D eigenvalue weighted by atomic mass is 9.98. The summed E-state index contributed by atoms with van der Waals surface area (Å²) in [5, 5.41) is 3.65. The smallest absolute Gasteiger partial charge is 0.161 e. The molecule has 0 bridgehead atoms. The van der Waals surface area contributed by atoms with Gasteiger partial charge in [-0.1, -0.05) is 24.3 Å². The number of ether oxygens (including phenoxy) is 3. The Balaban J connectivity index is 1.49. The zero-order chi connectivity index (χ0) is 15.6. The average Bonchev–Trinajstić information content (AvgIpc) is 2.60. The summed E-state index contributed by atoms with van der Waals surface area (Å²) in [6.07, 6.45) is 0.987. The standard InChI is InChI=1S/C19H21NO3/c1-13-3-2-4-15-16(7-8-23-19(13)15)20-12-14-5-6-17-18(11-14)22-10-9-21-17/h2-6,11,16,20H,7-10,12H2,1H3/t16-/m1/s1. The van der Waals surface area contributed by atoms with Crippen LogP contribution in [0.25, 0.3) is 0 Å². The second kappa shape index (κ2) is 6.13. The van der Waals surface area contributed by atoms with E-state index in [1.54, 1.807) is 0 Å². The van der Waals surface area contributed by atoms with Gasteiger partial charge in [0.2, 0.25) is 0 Å². The molecule has 4 rings (SSSR count). The fourth-order valence-electron chi connectivity index (χ4n) is 3.23. The van der Waals surface area contributed by atoms with Crippen LogP contribution in [0.5, 0.6) is 17.2 Å². The first-order valence-electron chi connectivity index (χ1n) is 8.15. The van der Waals surface area contributed by atoms with Crippen molar-refractivity contribution < 1.29 is 14.2 Å². The SMILES string of the molecule is Cc1cccc2c1OCC[C@H]2NCc1ccc2c(c1)OCCO2. The van der Waals surface area contributed by atoms with E-state index in [9.17, 15) is 0 Å². The van der Waals surface area contributed by atoms with Gasteiger partial charge in [0.25, 0.3) is 0 Å². The van der Waals surface area contributed by atoms with Crippen LogP contribution in [0.4, 0.5) is 0 Å². The molecule has 23 heavy (non-hydrogen) atoms. The van der Waals surface area contributed by atoms with Gasteiger partial charge in [0, 0.05) is 24.6 Å². The van der Waals surface area contributed by atoms with Gasteiger partial charge in [0.05, 0.1) is 6.61 Å². The van der Waals surface area contributed by atoms with E-state index in [4.69, 9.17) is 14.2 Å². The van der Waals surface area contributed by atoms with Crippen LogP contribution in [0.3, 0.4) is 0 Å². The first-order chi connectivity index (χ1) is 11.3. The van der Waals surface area contributed by atoms with E-state index in [-0.39, 0.29) is 0 Å². The molecular formula is C19H21NO3. The largest absolute Gasteiger partial charge is 0.493 e. The number of para-hydroxylation sites is 1. The number of rotatable bonds is 3. The lowest BCUT2D eigenvalue weighted by Gasteiger charge is -2.28. The maximum Gasteiger partial charge on any atom is 0.161 e. The molecule has 0 unspecified atom stereocenters. The molecule has 120 valence electrons. The van der Waals surface area contributed by atoms with E-state index in [0.717, 1.165) is 36.8 Å². The summed E-state index contributed by atoms with van der Waals surface area (Å²) in [5.41, 5.74) is 3.66. The summed E-state index contributed by atoms with van der Waals surface area (Å²) >= 11 is 0. The molecule has 4 nitrogen and oxygen atoms in total. The highest BCUT2D eigenvalue weighted by molar-refractivity contribution is 5.45. The van der Waals surface area contributed by atoms with Gasteiger partial charge in [-0.2, -0.15) is 0 Å². The van der Waals surface area contributed by atoms with Crippen molar-refractivity contribution in [2.75, 3.05) is 19.8 Å². The summed E-state index contributed by atoms with van der Waals surface area (Å²) in [6, 6.07) is 12.8. The quantitative estimate of drug-likeness (QED) is 0.943. The van der Waals surface area contributed by atoms with Crippen LogP contribution in [0, 0.1) is 6.92 Å². The Morgan fingerprint density at radius 2 is 1.87 bits per heavy atom. The Morgan fingerprint density at radius 1 is 1.00 bits per heavy atom. The molecule has 0 radical (unpaired) electrons. The van der Waals surface area contributed by atoms with E-state index in [1.165, 1.54) is 16.7 Å². The van der Waals surface area contributed by atoms with E-state index < -0.39 is 0 Å². The van der Waals surface area contributed by atoms with Crippen molar-refractivity contribution in [3.05, 3.63) is 53.1 Å². The Bertz CT molecular complexity index is 714. The minimum Gasteiger partial charge on any atom is -0.493 e. The third-order valence-electron chi connectivity index (χ3n) is 4.43. The van der Waals surface area contributed by atoms with Crippen LogP contribution in [-0.2, 0) is 6.54 Å². The molecule has 2 heterocycles. The summed E-state index contributed by atoms with van der Waals surface area (Å²) < 4.78 is 17.1. The van der Waals surface area contributed by atoms with Crippen LogP contribution in [0.15, 0.2) is 36.4 Å². The Morgan fingerprint density at radius 3 is 2.78 bits per heavy atom. The first kappa shape index (κ1) is 14.4. The van der Waals surface area contributed by atoms with Crippen molar-refractivity contribution >= 4 is 0 Å². The molecule has 1 atom stereocenters. The van der Waals surface area contributed by atoms with Crippen molar-refractivity contribution in [1.82, 2.24) is 5.32 Å². The van der Waals surface area contributed by atoms with E-state index in [0.29, 0.717) is 19.3 Å². The molecule has 2 aliphatic rings. The third-order valence-corrected chi connectivity index (χ3v) is 4.43. The van der Waals surface area contributed by atoms with E-state index >= 15 is 0 Å². The molecule has 4 heteroatoms.